The SMILES string of the molecule is Nc1ccc(-c2cnc(-c3ccccc3)nc2)cc1. The van der Waals surface area contributed by atoms with Crippen molar-refractivity contribution in [1.29, 1.82) is 0 Å². The Kier molecular flexibility index (Phi) is 2.94. The van der Waals surface area contributed by atoms with E-state index >= 15 is 0 Å². The van der Waals surface area contributed by atoms with Gasteiger partial charge in [-0.05, 0) is 17.7 Å². The van der Waals surface area contributed by atoms with Crippen LogP contribution in [0.2, 0.25) is 0 Å². The van der Waals surface area contributed by atoms with Gasteiger partial charge < -0.3 is 5.73 Å². The predicted molar refractivity (Wildman–Crippen MR) is 77.3 cm³/mol. The summed E-state index contributed by atoms with van der Waals surface area (Å²) in [6.45, 7) is 0. The molecule has 92 valence electrons. The van der Waals surface area contributed by atoms with Gasteiger partial charge in [-0.2, -0.15) is 0 Å². The van der Waals surface area contributed by atoms with Crippen LogP contribution in [0.4, 0.5) is 5.69 Å². The minimum atomic E-state index is 0.736. The van der Waals surface area contributed by atoms with Crippen LogP contribution in [0.25, 0.3) is 22.5 Å². The van der Waals surface area contributed by atoms with Gasteiger partial charge in [-0.15, -0.1) is 0 Å². The van der Waals surface area contributed by atoms with Gasteiger partial charge in [0.05, 0.1) is 0 Å². The van der Waals surface area contributed by atoms with Crippen molar-refractivity contribution < 1.29 is 0 Å². The van der Waals surface area contributed by atoms with Crippen molar-refractivity contribution in [2.75, 3.05) is 5.73 Å². The summed E-state index contributed by atoms with van der Waals surface area (Å²) in [5.74, 6) is 0.736. The van der Waals surface area contributed by atoms with Crippen molar-refractivity contribution in [2.45, 2.75) is 0 Å². The topological polar surface area (TPSA) is 51.8 Å². The molecule has 0 amide bonds. The van der Waals surface area contributed by atoms with Crippen molar-refractivity contribution in [3.8, 4) is 22.5 Å². The number of nitrogens with zero attached hydrogens (tertiary/aromatic N) is 2. The van der Waals surface area contributed by atoms with Gasteiger partial charge in [0.2, 0.25) is 0 Å². The standard InChI is InChI=1S/C16H13N3/c17-15-8-6-12(7-9-15)14-10-18-16(19-11-14)13-4-2-1-3-5-13/h1-11H,17H2. The van der Waals surface area contributed by atoms with Crippen molar-refractivity contribution in [3.05, 3.63) is 67.0 Å². The average molecular weight is 247 g/mol. The predicted octanol–water partition coefficient (Wildman–Crippen LogP) is 3.39. The van der Waals surface area contributed by atoms with Gasteiger partial charge >= 0.3 is 0 Å². The van der Waals surface area contributed by atoms with Crippen LogP contribution < -0.4 is 5.73 Å². The Bertz CT molecular complexity index is 659. The average Bonchev–Trinajstić information content (AvgIpc) is 2.49. The summed E-state index contributed by atoms with van der Waals surface area (Å²) in [6.07, 6.45) is 3.67. The van der Waals surface area contributed by atoms with Gasteiger partial charge in [0, 0.05) is 29.2 Å². The van der Waals surface area contributed by atoms with E-state index in [1.54, 1.807) is 0 Å². The lowest BCUT2D eigenvalue weighted by molar-refractivity contribution is 1.18. The molecule has 3 heteroatoms. The van der Waals surface area contributed by atoms with Crippen LogP contribution in [-0.2, 0) is 0 Å². The van der Waals surface area contributed by atoms with E-state index in [-0.39, 0.29) is 0 Å². The fraction of sp³-hybridized carbons (Fsp3) is 0. The highest BCUT2D eigenvalue weighted by atomic mass is 14.9. The Labute approximate surface area is 111 Å². The number of hydrogen-bond donors (Lipinski definition) is 1. The van der Waals surface area contributed by atoms with Gasteiger partial charge in [-0.3, -0.25) is 0 Å². The van der Waals surface area contributed by atoms with E-state index in [0.717, 1.165) is 28.2 Å². The zero-order chi connectivity index (χ0) is 13.1. The molecule has 0 aliphatic rings. The van der Waals surface area contributed by atoms with Crippen LogP contribution in [0.15, 0.2) is 67.0 Å². The zero-order valence-corrected chi connectivity index (χ0v) is 10.3. The molecule has 3 rings (SSSR count). The monoisotopic (exact) mass is 247 g/mol. The molecule has 2 N–H and O–H groups in total. The Morgan fingerprint density at radius 3 is 1.89 bits per heavy atom. The molecular formula is C16H13N3. The molecular weight excluding hydrogens is 234 g/mol. The fourth-order valence-electron chi connectivity index (χ4n) is 1.89. The van der Waals surface area contributed by atoms with E-state index in [1.165, 1.54) is 0 Å². The first-order valence-corrected chi connectivity index (χ1v) is 6.06. The van der Waals surface area contributed by atoms with Gasteiger partial charge in [-0.1, -0.05) is 42.5 Å². The molecule has 19 heavy (non-hydrogen) atoms. The highest BCUT2D eigenvalue weighted by molar-refractivity contribution is 5.65. The summed E-state index contributed by atoms with van der Waals surface area (Å²) < 4.78 is 0. The number of aromatic nitrogens is 2. The summed E-state index contributed by atoms with van der Waals surface area (Å²) >= 11 is 0. The zero-order valence-electron chi connectivity index (χ0n) is 10.3. The number of nitrogen functional groups attached to an aromatic ring is 1. The van der Waals surface area contributed by atoms with E-state index < -0.39 is 0 Å². The van der Waals surface area contributed by atoms with Gasteiger partial charge in [-0.25, -0.2) is 9.97 Å². The maximum absolute atomic E-state index is 5.67. The van der Waals surface area contributed by atoms with Gasteiger partial charge in [0.15, 0.2) is 5.82 Å². The molecule has 0 saturated heterocycles. The molecule has 0 aliphatic heterocycles. The molecule has 0 saturated carbocycles. The number of benzene rings is 2. The Morgan fingerprint density at radius 2 is 1.26 bits per heavy atom. The number of hydrogen-bond acceptors (Lipinski definition) is 3. The molecule has 0 fully saturated rings. The van der Waals surface area contributed by atoms with Crippen molar-refractivity contribution in [3.63, 3.8) is 0 Å². The van der Waals surface area contributed by atoms with Crippen LogP contribution in [0.3, 0.4) is 0 Å². The minimum Gasteiger partial charge on any atom is -0.399 e. The smallest absolute Gasteiger partial charge is 0.159 e. The molecule has 2 aromatic carbocycles. The first-order valence-electron chi connectivity index (χ1n) is 6.06. The van der Waals surface area contributed by atoms with E-state index in [2.05, 4.69) is 9.97 Å². The van der Waals surface area contributed by atoms with Crippen LogP contribution in [-0.4, -0.2) is 9.97 Å². The normalized spacial score (nSPS) is 10.3. The number of nitrogens with two attached hydrogens (primary N) is 1. The summed E-state index contributed by atoms with van der Waals surface area (Å²) in [5.41, 5.74) is 9.50. The Hall–Kier alpha value is -2.68. The number of rotatable bonds is 2. The first-order chi connectivity index (χ1) is 9.33. The van der Waals surface area contributed by atoms with Gasteiger partial charge in [0.25, 0.3) is 0 Å². The van der Waals surface area contributed by atoms with Crippen LogP contribution in [0.5, 0.6) is 0 Å². The summed E-state index contributed by atoms with van der Waals surface area (Å²) in [5, 5.41) is 0. The van der Waals surface area contributed by atoms with E-state index in [4.69, 9.17) is 5.73 Å². The Balaban J connectivity index is 1.93. The van der Waals surface area contributed by atoms with E-state index in [9.17, 15) is 0 Å². The van der Waals surface area contributed by atoms with E-state index in [1.807, 2.05) is 67.0 Å². The molecule has 1 aromatic heterocycles. The van der Waals surface area contributed by atoms with Crippen LogP contribution >= 0.6 is 0 Å². The highest BCUT2D eigenvalue weighted by Gasteiger charge is 2.02. The molecule has 3 aromatic rings. The van der Waals surface area contributed by atoms with Crippen molar-refractivity contribution >= 4 is 5.69 Å². The van der Waals surface area contributed by atoms with E-state index in [0.29, 0.717) is 0 Å². The lowest BCUT2D eigenvalue weighted by atomic mass is 10.1. The highest BCUT2D eigenvalue weighted by Crippen LogP contribution is 2.21. The molecule has 0 radical (unpaired) electrons. The molecule has 0 unspecified atom stereocenters. The number of anilines is 1. The van der Waals surface area contributed by atoms with Crippen LogP contribution in [0, 0.1) is 0 Å². The largest absolute Gasteiger partial charge is 0.399 e. The molecule has 0 bridgehead atoms. The second kappa shape index (κ2) is 4.90. The third-order valence-corrected chi connectivity index (χ3v) is 2.93. The quantitative estimate of drug-likeness (QED) is 0.706. The third-order valence-electron chi connectivity index (χ3n) is 2.93. The maximum Gasteiger partial charge on any atom is 0.159 e. The molecule has 0 aliphatic carbocycles. The Morgan fingerprint density at radius 1 is 0.632 bits per heavy atom. The summed E-state index contributed by atoms with van der Waals surface area (Å²) in [7, 11) is 0. The molecule has 1 heterocycles. The molecule has 0 spiro atoms. The van der Waals surface area contributed by atoms with Crippen LogP contribution in [0.1, 0.15) is 0 Å². The second-order valence-corrected chi connectivity index (χ2v) is 4.28. The third kappa shape index (κ3) is 2.45. The first kappa shape index (κ1) is 11.4. The minimum absolute atomic E-state index is 0.736. The van der Waals surface area contributed by atoms with Gasteiger partial charge in [0.1, 0.15) is 0 Å². The maximum atomic E-state index is 5.67. The lowest BCUT2D eigenvalue weighted by Gasteiger charge is -2.03. The summed E-state index contributed by atoms with van der Waals surface area (Å²) in [6, 6.07) is 17.6. The molecule has 0 atom stereocenters. The fourth-order valence-corrected chi connectivity index (χ4v) is 1.89. The lowest BCUT2D eigenvalue weighted by Crippen LogP contribution is -1.90. The summed E-state index contributed by atoms with van der Waals surface area (Å²) in [4.78, 5) is 8.81. The molecule has 3 nitrogen and oxygen atoms in total. The van der Waals surface area contributed by atoms with Crippen molar-refractivity contribution in [1.82, 2.24) is 9.97 Å². The van der Waals surface area contributed by atoms with Crippen molar-refractivity contribution in [2.24, 2.45) is 0 Å². The second-order valence-electron chi connectivity index (χ2n) is 4.28.